The Morgan fingerprint density at radius 3 is 2.93 bits per heavy atom. The van der Waals surface area contributed by atoms with Crippen LogP contribution >= 0.6 is 0 Å². The second kappa shape index (κ2) is 4.45. The molecule has 1 aromatic rings. The molecule has 5 heteroatoms. The highest BCUT2D eigenvalue weighted by Crippen LogP contribution is 2.20. The van der Waals surface area contributed by atoms with Crippen molar-refractivity contribution in [3.8, 4) is 5.75 Å². The Morgan fingerprint density at radius 2 is 2.36 bits per heavy atom. The molecule has 4 nitrogen and oxygen atoms in total. The van der Waals surface area contributed by atoms with Crippen LogP contribution in [0.2, 0.25) is 0 Å². The smallest absolute Gasteiger partial charge is 0.185 e. The van der Waals surface area contributed by atoms with Gasteiger partial charge in [-0.25, -0.2) is 4.39 Å². The molecule has 0 aliphatic heterocycles. The summed E-state index contributed by atoms with van der Waals surface area (Å²) in [5.41, 5.74) is 5.46. The van der Waals surface area contributed by atoms with Crippen LogP contribution in [0.4, 0.5) is 4.39 Å². The van der Waals surface area contributed by atoms with E-state index in [9.17, 15) is 4.39 Å². The minimum absolute atomic E-state index is 0.144. The number of halogens is 1. The van der Waals surface area contributed by atoms with E-state index in [1.807, 2.05) is 0 Å². The predicted octanol–water partition coefficient (Wildman–Crippen LogP) is 0.817. The summed E-state index contributed by atoms with van der Waals surface area (Å²) >= 11 is 0. The number of hydrogen-bond donors (Lipinski definition) is 3. The third kappa shape index (κ3) is 2.35. The van der Waals surface area contributed by atoms with Crippen molar-refractivity contribution in [3.63, 3.8) is 0 Å². The maximum absolute atomic E-state index is 13.3. The molecule has 0 fully saturated rings. The second-order valence-corrected chi connectivity index (χ2v) is 2.69. The highest BCUT2D eigenvalue weighted by molar-refractivity contribution is 5.74. The van der Waals surface area contributed by atoms with Crippen LogP contribution < -0.4 is 15.8 Å². The third-order valence-corrected chi connectivity index (χ3v) is 1.75. The van der Waals surface area contributed by atoms with E-state index >= 15 is 0 Å². The normalized spacial score (nSPS) is 9.57. The van der Waals surface area contributed by atoms with Gasteiger partial charge in [-0.1, -0.05) is 6.07 Å². The molecule has 0 aromatic heterocycles. The number of hydrogen-bond acceptors (Lipinski definition) is 2. The fourth-order valence-electron chi connectivity index (χ4n) is 1.09. The summed E-state index contributed by atoms with van der Waals surface area (Å²) in [5, 5.41) is 9.46. The highest BCUT2D eigenvalue weighted by atomic mass is 19.1. The molecule has 0 radical (unpaired) electrons. The van der Waals surface area contributed by atoms with Crippen molar-refractivity contribution in [1.82, 2.24) is 5.32 Å². The van der Waals surface area contributed by atoms with E-state index in [1.54, 1.807) is 12.1 Å². The molecule has 0 unspecified atom stereocenters. The lowest BCUT2D eigenvalue weighted by Crippen LogP contribution is -2.30. The van der Waals surface area contributed by atoms with Gasteiger partial charge in [0.05, 0.1) is 7.11 Å². The summed E-state index contributed by atoms with van der Waals surface area (Å²) in [6, 6.07) is 4.55. The number of ether oxygens (including phenoxy) is 1. The zero-order valence-corrected chi connectivity index (χ0v) is 7.80. The standard InChI is InChI=1S/C9H12FN3O/c1-14-8-4-2-3-7(10)6(8)5-13-9(11)12/h2-4H,5H2,1H3,(H4,11,12,13). The van der Waals surface area contributed by atoms with E-state index < -0.39 is 0 Å². The van der Waals surface area contributed by atoms with Crippen LogP contribution in [0.1, 0.15) is 5.56 Å². The average Bonchev–Trinajstić information content (AvgIpc) is 2.15. The fraction of sp³-hybridized carbons (Fsp3) is 0.222. The Morgan fingerprint density at radius 1 is 1.64 bits per heavy atom. The van der Waals surface area contributed by atoms with Crippen molar-refractivity contribution in [3.05, 3.63) is 29.6 Å². The minimum Gasteiger partial charge on any atom is -0.496 e. The molecule has 1 rings (SSSR count). The third-order valence-electron chi connectivity index (χ3n) is 1.75. The number of nitrogens with two attached hydrogens (primary N) is 1. The first kappa shape index (κ1) is 10.3. The molecular weight excluding hydrogens is 185 g/mol. The van der Waals surface area contributed by atoms with Gasteiger partial charge in [-0.2, -0.15) is 0 Å². The van der Waals surface area contributed by atoms with Crippen molar-refractivity contribution in [2.75, 3.05) is 7.11 Å². The van der Waals surface area contributed by atoms with E-state index in [1.165, 1.54) is 13.2 Å². The molecule has 1 aromatic carbocycles. The van der Waals surface area contributed by atoms with Gasteiger partial charge in [0.2, 0.25) is 0 Å². The maximum atomic E-state index is 13.3. The van der Waals surface area contributed by atoms with Crippen molar-refractivity contribution < 1.29 is 9.13 Å². The van der Waals surface area contributed by atoms with Gasteiger partial charge in [0.25, 0.3) is 0 Å². The first-order valence-electron chi connectivity index (χ1n) is 4.04. The number of nitrogens with one attached hydrogen (secondary N) is 2. The summed E-state index contributed by atoms with van der Waals surface area (Å²) < 4.78 is 18.2. The molecule has 76 valence electrons. The van der Waals surface area contributed by atoms with E-state index in [0.717, 1.165) is 0 Å². The summed E-state index contributed by atoms with van der Waals surface area (Å²) in [6.45, 7) is 0.144. The van der Waals surface area contributed by atoms with Crippen LogP contribution in [0.15, 0.2) is 18.2 Å². The monoisotopic (exact) mass is 197 g/mol. The Bertz CT molecular complexity index is 341. The first-order chi connectivity index (χ1) is 6.65. The molecule has 0 bridgehead atoms. The molecule has 14 heavy (non-hydrogen) atoms. The van der Waals surface area contributed by atoms with E-state index in [-0.39, 0.29) is 18.3 Å². The van der Waals surface area contributed by atoms with Crippen molar-refractivity contribution in [1.29, 1.82) is 5.41 Å². The molecule has 4 N–H and O–H groups in total. The lowest BCUT2D eigenvalue weighted by Gasteiger charge is -2.09. The molecule has 0 saturated heterocycles. The number of rotatable bonds is 3. The Labute approximate surface area is 81.4 Å². The van der Waals surface area contributed by atoms with Gasteiger partial charge in [-0.15, -0.1) is 0 Å². The Hall–Kier alpha value is -1.78. The van der Waals surface area contributed by atoms with Crippen LogP contribution in [0.25, 0.3) is 0 Å². The summed E-state index contributed by atoms with van der Waals surface area (Å²) in [6.07, 6.45) is 0. The first-order valence-corrected chi connectivity index (χ1v) is 4.04. The lowest BCUT2D eigenvalue weighted by molar-refractivity contribution is 0.403. The number of benzene rings is 1. The van der Waals surface area contributed by atoms with Crippen molar-refractivity contribution >= 4 is 5.96 Å². The molecule has 0 spiro atoms. The molecule has 0 saturated carbocycles. The summed E-state index contributed by atoms with van der Waals surface area (Å²) in [5.74, 6) is -0.132. The zero-order chi connectivity index (χ0) is 10.6. The Balaban J connectivity index is 2.87. The van der Waals surface area contributed by atoms with Gasteiger partial charge in [0.1, 0.15) is 11.6 Å². The predicted molar refractivity (Wildman–Crippen MR) is 51.7 cm³/mol. The fourth-order valence-corrected chi connectivity index (χ4v) is 1.09. The van der Waals surface area contributed by atoms with Gasteiger partial charge < -0.3 is 15.8 Å². The molecule has 0 heterocycles. The molecule has 0 atom stereocenters. The van der Waals surface area contributed by atoms with Gasteiger partial charge >= 0.3 is 0 Å². The largest absolute Gasteiger partial charge is 0.496 e. The highest BCUT2D eigenvalue weighted by Gasteiger charge is 2.08. The van der Waals surface area contributed by atoms with Gasteiger partial charge in [0, 0.05) is 12.1 Å². The summed E-state index contributed by atoms with van der Waals surface area (Å²) in [4.78, 5) is 0. The van der Waals surface area contributed by atoms with E-state index in [2.05, 4.69) is 5.32 Å². The van der Waals surface area contributed by atoms with Crippen molar-refractivity contribution in [2.45, 2.75) is 6.54 Å². The van der Waals surface area contributed by atoms with E-state index in [4.69, 9.17) is 15.9 Å². The van der Waals surface area contributed by atoms with Crippen LogP contribution in [-0.4, -0.2) is 13.1 Å². The molecule has 0 aliphatic carbocycles. The second-order valence-electron chi connectivity index (χ2n) is 2.69. The van der Waals surface area contributed by atoms with E-state index in [0.29, 0.717) is 11.3 Å². The molecule has 0 aliphatic rings. The van der Waals surface area contributed by atoms with Crippen LogP contribution in [0.5, 0.6) is 5.75 Å². The van der Waals surface area contributed by atoms with Gasteiger partial charge in [-0.05, 0) is 12.1 Å². The average molecular weight is 197 g/mol. The topological polar surface area (TPSA) is 71.1 Å². The van der Waals surface area contributed by atoms with Gasteiger partial charge in [-0.3, -0.25) is 5.41 Å². The van der Waals surface area contributed by atoms with Crippen LogP contribution in [0.3, 0.4) is 0 Å². The number of methoxy groups -OCH3 is 1. The lowest BCUT2D eigenvalue weighted by atomic mass is 10.2. The number of guanidine groups is 1. The van der Waals surface area contributed by atoms with Crippen LogP contribution in [-0.2, 0) is 6.54 Å². The summed E-state index contributed by atoms with van der Waals surface area (Å²) in [7, 11) is 1.46. The maximum Gasteiger partial charge on any atom is 0.185 e. The molecular formula is C9H12FN3O. The van der Waals surface area contributed by atoms with Gasteiger partial charge in [0.15, 0.2) is 5.96 Å². The zero-order valence-electron chi connectivity index (χ0n) is 7.80. The van der Waals surface area contributed by atoms with Crippen molar-refractivity contribution in [2.24, 2.45) is 5.73 Å². The van der Waals surface area contributed by atoms with Crippen LogP contribution in [0, 0.1) is 11.2 Å². The Kier molecular flexibility index (Phi) is 3.28. The SMILES string of the molecule is COc1cccc(F)c1CNC(=N)N. The molecule has 0 amide bonds. The quantitative estimate of drug-likeness (QED) is 0.496. The minimum atomic E-state index is -0.377.